The van der Waals surface area contributed by atoms with Gasteiger partial charge in [0.1, 0.15) is 0 Å². The van der Waals surface area contributed by atoms with Crippen molar-refractivity contribution in [3.05, 3.63) is 42.2 Å². The number of hydrogen-bond acceptors (Lipinski definition) is 3. The third-order valence-electron chi connectivity index (χ3n) is 2.02. The number of nitrogen functional groups attached to an aromatic ring is 1. The number of aryl methyl sites for hydroxylation is 1. The maximum absolute atomic E-state index is 5.41. The van der Waals surface area contributed by atoms with Crippen LogP contribution in [0.1, 0.15) is 33.3 Å². The number of benzene rings is 1. The van der Waals surface area contributed by atoms with Crippen LogP contribution in [0.2, 0.25) is 0 Å². The summed E-state index contributed by atoms with van der Waals surface area (Å²) in [5.74, 6) is 0.307. The molecule has 0 spiro atoms. The van der Waals surface area contributed by atoms with E-state index in [0.29, 0.717) is 5.95 Å². The van der Waals surface area contributed by atoms with Crippen molar-refractivity contribution in [2.24, 2.45) is 0 Å². The SMILES string of the molecule is CC.CC.Cc1cccc(-c2cnc(N)nc2)c1. The molecule has 0 saturated heterocycles. The van der Waals surface area contributed by atoms with Crippen molar-refractivity contribution in [2.45, 2.75) is 34.6 Å². The second kappa shape index (κ2) is 9.16. The Morgan fingerprint density at radius 3 is 1.94 bits per heavy atom. The van der Waals surface area contributed by atoms with Gasteiger partial charge in [0.25, 0.3) is 0 Å². The average Bonchev–Trinajstić information content (AvgIpc) is 2.44. The number of hydrogen-bond donors (Lipinski definition) is 1. The van der Waals surface area contributed by atoms with E-state index in [4.69, 9.17) is 5.73 Å². The summed E-state index contributed by atoms with van der Waals surface area (Å²) < 4.78 is 0. The zero-order chi connectivity index (χ0) is 14.0. The Hall–Kier alpha value is -1.90. The number of anilines is 1. The van der Waals surface area contributed by atoms with E-state index in [2.05, 4.69) is 29.0 Å². The molecule has 0 aliphatic heterocycles. The van der Waals surface area contributed by atoms with Crippen LogP contribution in [0.3, 0.4) is 0 Å². The van der Waals surface area contributed by atoms with Crippen molar-refractivity contribution in [3.63, 3.8) is 0 Å². The van der Waals surface area contributed by atoms with Crippen LogP contribution in [0.15, 0.2) is 36.7 Å². The molecule has 0 amide bonds. The smallest absolute Gasteiger partial charge is 0.219 e. The van der Waals surface area contributed by atoms with Crippen LogP contribution >= 0.6 is 0 Å². The Balaban J connectivity index is 0.000000659. The Kier molecular flexibility index (Phi) is 8.20. The van der Waals surface area contributed by atoms with Gasteiger partial charge in [-0.1, -0.05) is 57.5 Å². The number of aromatic nitrogens is 2. The quantitative estimate of drug-likeness (QED) is 0.823. The predicted molar refractivity (Wildman–Crippen MR) is 79.3 cm³/mol. The van der Waals surface area contributed by atoms with Crippen LogP contribution in [-0.2, 0) is 0 Å². The first-order valence-electron chi connectivity index (χ1n) is 6.40. The fourth-order valence-corrected chi connectivity index (χ4v) is 1.31. The van der Waals surface area contributed by atoms with Crippen molar-refractivity contribution >= 4 is 5.95 Å². The lowest BCUT2D eigenvalue weighted by Gasteiger charge is -2.01. The summed E-state index contributed by atoms with van der Waals surface area (Å²) in [5, 5.41) is 0. The summed E-state index contributed by atoms with van der Waals surface area (Å²) in [5.41, 5.74) is 8.74. The van der Waals surface area contributed by atoms with Crippen molar-refractivity contribution in [3.8, 4) is 11.1 Å². The lowest BCUT2D eigenvalue weighted by Crippen LogP contribution is -1.93. The normalized spacial score (nSPS) is 8.50. The van der Waals surface area contributed by atoms with Crippen LogP contribution in [0.5, 0.6) is 0 Å². The van der Waals surface area contributed by atoms with Crippen molar-refractivity contribution in [1.82, 2.24) is 9.97 Å². The Labute approximate surface area is 110 Å². The minimum atomic E-state index is 0.307. The van der Waals surface area contributed by atoms with E-state index >= 15 is 0 Å². The predicted octanol–water partition coefficient (Wildman–Crippen LogP) is 4.09. The molecule has 0 fully saturated rings. The highest BCUT2D eigenvalue weighted by Crippen LogP contribution is 2.18. The summed E-state index contributed by atoms with van der Waals surface area (Å²) in [6, 6.07) is 8.19. The van der Waals surface area contributed by atoms with E-state index in [1.165, 1.54) is 5.56 Å². The van der Waals surface area contributed by atoms with E-state index in [1.54, 1.807) is 12.4 Å². The van der Waals surface area contributed by atoms with Crippen LogP contribution < -0.4 is 5.73 Å². The van der Waals surface area contributed by atoms with Crippen LogP contribution in [0.25, 0.3) is 11.1 Å². The second-order valence-corrected chi connectivity index (χ2v) is 3.20. The Morgan fingerprint density at radius 1 is 0.889 bits per heavy atom. The van der Waals surface area contributed by atoms with Crippen molar-refractivity contribution in [1.29, 1.82) is 0 Å². The molecule has 3 heteroatoms. The average molecular weight is 245 g/mol. The molecule has 0 radical (unpaired) electrons. The topological polar surface area (TPSA) is 51.8 Å². The van der Waals surface area contributed by atoms with Gasteiger partial charge in [0.2, 0.25) is 5.95 Å². The molecule has 1 heterocycles. The molecule has 0 atom stereocenters. The maximum Gasteiger partial charge on any atom is 0.219 e. The minimum Gasteiger partial charge on any atom is -0.368 e. The molecule has 0 unspecified atom stereocenters. The van der Waals surface area contributed by atoms with Gasteiger partial charge >= 0.3 is 0 Å². The van der Waals surface area contributed by atoms with Gasteiger partial charge in [0, 0.05) is 18.0 Å². The first kappa shape index (κ1) is 16.1. The molecule has 3 nitrogen and oxygen atoms in total. The second-order valence-electron chi connectivity index (χ2n) is 3.20. The van der Waals surface area contributed by atoms with Crippen molar-refractivity contribution < 1.29 is 0 Å². The van der Waals surface area contributed by atoms with Gasteiger partial charge < -0.3 is 5.73 Å². The standard InChI is InChI=1S/C11H11N3.2C2H6/c1-8-3-2-4-9(5-8)10-6-13-11(12)14-7-10;2*1-2/h2-7H,1H3,(H2,12,13,14);2*1-2H3. The molecule has 2 aromatic rings. The molecule has 2 rings (SSSR count). The van der Waals surface area contributed by atoms with Gasteiger partial charge in [0.15, 0.2) is 0 Å². The van der Waals surface area contributed by atoms with E-state index in [1.807, 2.05) is 39.8 Å². The monoisotopic (exact) mass is 245 g/mol. The summed E-state index contributed by atoms with van der Waals surface area (Å²) >= 11 is 0. The fourth-order valence-electron chi connectivity index (χ4n) is 1.31. The van der Waals surface area contributed by atoms with Crippen LogP contribution in [0.4, 0.5) is 5.95 Å². The fraction of sp³-hybridized carbons (Fsp3) is 0.333. The lowest BCUT2D eigenvalue weighted by molar-refractivity contribution is 1.19. The first-order chi connectivity index (χ1) is 8.75. The van der Waals surface area contributed by atoms with Gasteiger partial charge in [-0.2, -0.15) is 0 Å². The molecule has 0 aliphatic rings. The number of rotatable bonds is 1. The maximum atomic E-state index is 5.41. The Morgan fingerprint density at radius 2 is 1.44 bits per heavy atom. The molecule has 98 valence electrons. The molecule has 18 heavy (non-hydrogen) atoms. The highest BCUT2D eigenvalue weighted by Gasteiger charge is 1.98. The highest BCUT2D eigenvalue weighted by atomic mass is 15.0. The molecule has 2 N–H and O–H groups in total. The summed E-state index contributed by atoms with van der Waals surface area (Å²) in [6.07, 6.45) is 3.47. The number of nitrogens with two attached hydrogens (primary N) is 1. The Bertz CT molecular complexity index is 436. The molecular formula is C15H23N3. The summed E-state index contributed by atoms with van der Waals surface area (Å²) in [4.78, 5) is 7.90. The van der Waals surface area contributed by atoms with E-state index in [9.17, 15) is 0 Å². The molecular weight excluding hydrogens is 222 g/mol. The molecule has 0 aliphatic carbocycles. The zero-order valence-electron chi connectivity index (χ0n) is 11.9. The number of nitrogens with zero attached hydrogens (tertiary/aromatic N) is 2. The zero-order valence-corrected chi connectivity index (χ0v) is 11.9. The third-order valence-corrected chi connectivity index (χ3v) is 2.02. The van der Waals surface area contributed by atoms with Crippen LogP contribution in [0, 0.1) is 6.92 Å². The van der Waals surface area contributed by atoms with E-state index < -0.39 is 0 Å². The van der Waals surface area contributed by atoms with E-state index in [-0.39, 0.29) is 0 Å². The minimum absolute atomic E-state index is 0.307. The van der Waals surface area contributed by atoms with Gasteiger partial charge in [-0.3, -0.25) is 0 Å². The van der Waals surface area contributed by atoms with Gasteiger partial charge in [-0.15, -0.1) is 0 Å². The first-order valence-corrected chi connectivity index (χ1v) is 6.40. The molecule has 0 saturated carbocycles. The van der Waals surface area contributed by atoms with E-state index in [0.717, 1.165) is 11.1 Å². The highest BCUT2D eigenvalue weighted by molar-refractivity contribution is 5.62. The van der Waals surface area contributed by atoms with Gasteiger partial charge in [-0.05, 0) is 12.5 Å². The lowest BCUT2D eigenvalue weighted by atomic mass is 10.1. The van der Waals surface area contributed by atoms with Gasteiger partial charge in [-0.25, -0.2) is 9.97 Å². The molecule has 1 aromatic heterocycles. The molecule has 1 aromatic carbocycles. The third kappa shape index (κ3) is 4.95. The van der Waals surface area contributed by atoms with Crippen LogP contribution in [-0.4, -0.2) is 9.97 Å². The summed E-state index contributed by atoms with van der Waals surface area (Å²) in [7, 11) is 0. The largest absolute Gasteiger partial charge is 0.368 e. The van der Waals surface area contributed by atoms with Gasteiger partial charge in [0.05, 0.1) is 0 Å². The molecule has 0 bridgehead atoms. The van der Waals surface area contributed by atoms with Crippen molar-refractivity contribution in [2.75, 3.05) is 5.73 Å². The summed E-state index contributed by atoms with van der Waals surface area (Å²) in [6.45, 7) is 10.1.